The molecule has 3 N–H and O–H groups in total. The number of hydrogen-bond acceptors (Lipinski definition) is 6. The summed E-state index contributed by atoms with van der Waals surface area (Å²) in [4.78, 5) is 23.3. The Labute approximate surface area is 115 Å². The van der Waals surface area contributed by atoms with Crippen molar-refractivity contribution in [3.8, 4) is 0 Å². The van der Waals surface area contributed by atoms with Crippen LogP contribution in [0.5, 0.6) is 0 Å². The maximum Gasteiger partial charge on any atom is 0.294 e. The van der Waals surface area contributed by atoms with Gasteiger partial charge in [-0.2, -0.15) is 4.68 Å². The van der Waals surface area contributed by atoms with Crippen LogP contribution in [0, 0.1) is 6.92 Å². The van der Waals surface area contributed by atoms with Gasteiger partial charge >= 0.3 is 0 Å². The zero-order chi connectivity index (χ0) is 14.6. The van der Waals surface area contributed by atoms with Crippen molar-refractivity contribution in [2.24, 2.45) is 0 Å². The number of aromatic nitrogens is 3. The Kier molecular flexibility index (Phi) is 4.93. The number of thioether (sulfide) groups is 1. The summed E-state index contributed by atoms with van der Waals surface area (Å²) in [6, 6.07) is 0. The molecule has 0 bridgehead atoms. The first kappa shape index (κ1) is 15.5. The number of carbonyl (C=O) groups is 1. The molecule has 0 saturated heterocycles. The average molecular weight is 285 g/mol. The molecular formula is C11H19N5O2S. The number of nitrogens with one attached hydrogen (secondary N) is 1. The summed E-state index contributed by atoms with van der Waals surface area (Å²) in [5, 5.41) is 10.6. The van der Waals surface area contributed by atoms with Gasteiger partial charge in [0.05, 0.1) is 5.75 Å². The number of amides is 1. The van der Waals surface area contributed by atoms with E-state index in [-0.39, 0.29) is 28.0 Å². The summed E-state index contributed by atoms with van der Waals surface area (Å²) < 4.78 is 0.908. The zero-order valence-electron chi connectivity index (χ0n) is 11.6. The third kappa shape index (κ3) is 4.23. The number of nitrogens with two attached hydrogens (primary N) is 1. The van der Waals surface area contributed by atoms with Crippen LogP contribution in [0.25, 0.3) is 0 Å². The molecule has 1 rings (SSSR count). The molecule has 19 heavy (non-hydrogen) atoms. The topological polar surface area (TPSA) is 103 Å². The molecule has 1 amide bonds. The lowest BCUT2D eigenvalue weighted by molar-refractivity contribution is -0.120. The van der Waals surface area contributed by atoms with Gasteiger partial charge in [-0.3, -0.25) is 9.59 Å². The van der Waals surface area contributed by atoms with Crippen LogP contribution in [0.2, 0.25) is 0 Å². The van der Waals surface area contributed by atoms with E-state index in [1.807, 2.05) is 20.8 Å². The Morgan fingerprint density at radius 3 is 2.68 bits per heavy atom. The molecule has 0 radical (unpaired) electrons. The van der Waals surface area contributed by atoms with E-state index in [1.54, 1.807) is 0 Å². The summed E-state index contributed by atoms with van der Waals surface area (Å²) in [5.74, 6) is 5.58. The van der Waals surface area contributed by atoms with E-state index in [0.29, 0.717) is 0 Å². The normalized spacial score (nSPS) is 11.4. The van der Waals surface area contributed by atoms with Gasteiger partial charge in [-0.25, -0.2) is 0 Å². The van der Waals surface area contributed by atoms with Crippen molar-refractivity contribution in [2.45, 2.75) is 44.8 Å². The molecule has 0 saturated carbocycles. The lowest BCUT2D eigenvalue weighted by Gasteiger charge is -2.24. The number of nitrogen functional groups attached to an aromatic ring is 1. The van der Waals surface area contributed by atoms with Crippen LogP contribution in [0.4, 0.5) is 0 Å². The van der Waals surface area contributed by atoms with Crippen LogP contribution >= 0.6 is 11.8 Å². The zero-order valence-corrected chi connectivity index (χ0v) is 12.4. The van der Waals surface area contributed by atoms with Crippen LogP contribution in [-0.2, 0) is 4.79 Å². The van der Waals surface area contributed by atoms with Gasteiger partial charge in [-0.1, -0.05) is 18.7 Å². The molecule has 0 spiro atoms. The summed E-state index contributed by atoms with van der Waals surface area (Å²) in [6.07, 6.45) is 0.829. The minimum atomic E-state index is -0.410. The van der Waals surface area contributed by atoms with Crippen LogP contribution in [0.15, 0.2) is 9.95 Å². The van der Waals surface area contributed by atoms with Crippen LogP contribution < -0.4 is 16.7 Å². The fourth-order valence-corrected chi connectivity index (χ4v) is 1.85. The summed E-state index contributed by atoms with van der Waals surface area (Å²) in [7, 11) is 0. The van der Waals surface area contributed by atoms with Crippen molar-refractivity contribution in [1.82, 2.24) is 20.2 Å². The highest BCUT2D eigenvalue weighted by Gasteiger charge is 2.18. The van der Waals surface area contributed by atoms with E-state index in [9.17, 15) is 9.59 Å². The van der Waals surface area contributed by atoms with Crippen LogP contribution in [0.3, 0.4) is 0 Å². The first-order valence-electron chi connectivity index (χ1n) is 5.92. The predicted octanol–water partition coefficient (Wildman–Crippen LogP) is 0.0574. The van der Waals surface area contributed by atoms with Crippen molar-refractivity contribution in [3.05, 3.63) is 16.0 Å². The van der Waals surface area contributed by atoms with Gasteiger partial charge in [-0.15, -0.1) is 10.2 Å². The minimum absolute atomic E-state index is 0.133. The monoisotopic (exact) mass is 285 g/mol. The van der Waals surface area contributed by atoms with Crippen LogP contribution in [0.1, 0.15) is 32.9 Å². The Bertz CT molecular complexity index is 526. The molecule has 0 unspecified atom stereocenters. The Balaban J connectivity index is 2.66. The SMILES string of the molecule is CCC(C)(C)NC(=O)CSc1nnc(C)c(=O)n1N. The third-order valence-electron chi connectivity index (χ3n) is 2.71. The molecule has 8 heteroatoms. The molecule has 0 aliphatic carbocycles. The lowest BCUT2D eigenvalue weighted by Crippen LogP contribution is -2.43. The van der Waals surface area contributed by atoms with Crippen molar-refractivity contribution >= 4 is 17.7 Å². The standard InChI is InChI=1S/C11H19N5O2S/c1-5-11(3,4)13-8(17)6-19-10-15-14-7(2)9(18)16(10)12/h5-6,12H2,1-4H3,(H,13,17). The highest BCUT2D eigenvalue weighted by atomic mass is 32.2. The van der Waals surface area contributed by atoms with Crippen molar-refractivity contribution in [1.29, 1.82) is 0 Å². The third-order valence-corrected chi connectivity index (χ3v) is 3.66. The van der Waals surface area contributed by atoms with Crippen molar-refractivity contribution < 1.29 is 4.79 Å². The second kappa shape index (κ2) is 6.05. The molecule has 1 aromatic rings. The largest absolute Gasteiger partial charge is 0.351 e. The lowest BCUT2D eigenvalue weighted by atomic mass is 10.0. The fourth-order valence-electron chi connectivity index (χ4n) is 1.20. The minimum Gasteiger partial charge on any atom is -0.351 e. The first-order chi connectivity index (χ1) is 8.76. The Morgan fingerprint density at radius 1 is 1.47 bits per heavy atom. The molecular weight excluding hydrogens is 266 g/mol. The van der Waals surface area contributed by atoms with E-state index in [0.717, 1.165) is 22.9 Å². The smallest absolute Gasteiger partial charge is 0.294 e. The number of nitrogens with zero attached hydrogens (tertiary/aromatic N) is 3. The summed E-state index contributed by atoms with van der Waals surface area (Å²) in [6.45, 7) is 7.42. The van der Waals surface area contributed by atoms with E-state index in [2.05, 4.69) is 15.5 Å². The Hall–Kier alpha value is -1.57. The van der Waals surface area contributed by atoms with E-state index >= 15 is 0 Å². The van der Waals surface area contributed by atoms with E-state index < -0.39 is 5.56 Å². The molecule has 1 heterocycles. The maximum absolute atomic E-state index is 11.7. The van der Waals surface area contributed by atoms with Gasteiger partial charge in [-0.05, 0) is 27.2 Å². The molecule has 106 valence electrons. The molecule has 7 nitrogen and oxygen atoms in total. The molecule has 1 aromatic heterocycles. The second-order valence-electron chi connectivity index (χ2n) is 4.82. The number of rotatable bonds is 5. The maximum atomic E-state index is 11.7. The van der Waals surface area contributed by atoms with Gasteiger partial charge in [0, 0.05) is 5.54 Å². The quantitative estimate of drug-likeness (QED) is 0.585. The molecule has 0 aliphatic rings. The van der Waals surface area contributed by atoms with Crippen LogP contribution in [-0.4, -0.2) is 32.1 Å². The Morgan fingerprint density at radius 2 is 2.11 bits per heavy atom. The van der Waals surface area contributed by atoms with E-state index in [4.69, 9.17) is 5.84 Å². The van der Waals surface area contributed by atoms with Gasteiger partial charge < -0.3 is 11.2 Å². The predicted molar refractivity (Wildman–Crippen MR) is 74.4 cm³/mol. The van der Waals surface area contributed by atoms with Crippen molar-refractivity contribution in [2.75, 3.05) is 11.6 Å². The average Bonchev–Trinajstić information content (AvgIpc) is 2.34. The molecule has 0 aliphatic heterocycles. The van der Waals surface area contributed by atoms with Crippen molar-refractivity contribution in [3.63, 3.8) is 0 Å². The highest BCUT2D eigenvalue weighted by molar-refractivity contribution is 7.99. The van der Waals surface area contributed by atoms with Gasteiger partial charge in [0.25, 0.3) is 5.56 Å². The second-order valence-corrected chi connectivity index (χ2v) is 5.76. The molecule has 0 fully saturated rings. The van der Waals surface area contributed by atoms with Gasteiger partial charge in [0.2, 0.25) is 11.1 Å². The summed E-state index contributed by atoms with van der Waals surface area (Å²) >= 11 is 1.08. The molecule has 0 atom stereocenters. The van der Waals surface area contributed by atoms with E-state index in [1.165, 1.54) is 6.92 Å². The number of carbonyl (C=O) groups excluding carboxylic acids is 1. The van der Waals surface area contributed by atoms with Gasteiger partial charge in [0.15, 0.2) is 0 Å². The summed E-state index contributed by atoms with van der Waals surface area (Å²) in [5.41, 5.74) is -0.436. The van der Waals surface area contributed by atoms with Gasteiger partial charge in [0.1, 0.15) is 5.69 Å². The fraction of sp³-hybridized carbons (Fsp3) is 0.636. The number of hydrogen-bond donors (Lipinski definition) is 2. The molecule has 0 aromatic carbocycles. The number of aryl methyl sites for hydroxylation is 1. The highest BCUT2D eigenvalue weighted by Crippen LogP contribution is 2.12. The first-order valence-corrected chi connectivity index (χ1v) is 6.90.